The Kier molecular flexibility index (Phi) is 7.17. The number of anilines is 2. The Morgan fingerprint density at radius 2 is 1.70 bits per heavy atom. The predicted molar refractivity (Wildman–Crippen MR) is 133 cm³/mol. The van der Waals surface area contributed by atoms with Crippen LogP contribution in [0.25, 0.3) is 5.69 Å². The summed E-state index contributed by atoms with van der Waals surface area (Å²) in [6.07, 6.45) is 2.15. The number of nitrogens with zero attached hydrogens (tertiary/aromatic N) is 4. The fourth-order valence-corrected chi connectivity index (χ4v) is 4.22. The second-order valence-electron chi connectivity index (χ2n) is 8.40. The van der Waals surface area contributed by atoms with Crippen molar-refractivity contribution >= 4 is 17.4 Å². The molecule has 0 spiro atoms. The molecule has 2 aromatic carbocycles. The van der Waals surface area contributed by atoms with Gasteiger partial charge in [-0.05, 0) is 56.7 Å². The minimum Gasteiger partial charge on any atom is -0.494 e. The Bertz CT molecular complexity index is 1050. The second-order valence-corrected chi connectivity index (χ2v) is 8.40. The van der Waals surface area contributed by atoms with Gasteiger partial charge in [0.15, 0.2) is 0 Å². The molecule has 33 heavy (non-hydrogen) atoms. The number of aromatic nitrogens is 2. The molecule has 1 fully saturated rings. The molecule has 0 atom stereocenters. The van der Waals surface area contributed by atoms with Gasteiger partial charge in [0.1, 0.15) is 5.75 Å². The van der Waals surface area contributed by atoms with Crippen LogP contribution in [0, 0.1) is 13.8 Å². The number of hydrogen-bond donors (Lipinski definition) is 1. The third-order valence-corrected chi connectivity index (χ3v) is 6.01. The molecule has 7 heteroatoms. The van der Waals surface area contributed by atoms with Crippen LogP contribution in [0.1, 0.15) is 31.2 Å². The Labute approximate surface area is 196 Å². The van der Waals surface area contributed by atoms with Gasteiger partial charge in [-0.3, -0.25) is 0 Å². The molecular formula is C26H33N5O2. The molecule has 0 unspecified atom stereocenters. The number of piperazine rings is 1. The van der Waals surface area contributed by atoms with Crippen LogP contribution in [0.2, 0.25) is 0 Å². The molecule has 2 heterocycles. The number of nitrogens with one attached hydrogen (secondary N) is 1. The van der Waals surface area contributed by atoms with Crippen molar-refractivity contribution in [3.05, 3.63) is 66.0 Å². The van der Waals surface area contributed by atoms with Crippen molar-refractivity contribution < 1.29 is 9.53 Å². The molecule has 0 bridgehead atoms. The molecule has 0 radical (unpaired) electrons. The summed E-state index contributed by atoms with van der Waals surface area (Å²) in [5, 5.41) is 7.77. The fraction of sp³-hybridized carbons (Fsp3) is 0.385. The molecule has 1 aromatic heterocycles. The lowest BCUT2D eigenvalue weighted by molar-refractivity contribution is 0.208. The van der Waals surface area contributed by atoms with Crippen molar-refractivity contribution in [3.63, 3.8) is 0 Å². The third kappa shape index (κ3) is 5.30. The highest BCUT2D eigenvalue weighted by Crippen LogP contribution is 2.28. The summed E-state index contributed by atoms with van der Waals surface area (Å²) in [5.74, 6) is 0.830. The Hall–Kier alpha value is -3.48. The molecule has 1 saturated heterocycles. The Morgan fingerprint density at radius 1 is 1.00 bits per heavy atom. The maximum Gasteiger partial charge on any atom is 0.321 e. The average Bonchev–Trinajstić information content (AvgIpc) is 3.14. The second kappa shape index (κ2) is 10.4. The quantitative estimate of drug-likeness (QED) is 0.517. The lowest BCUT2D eigenvalue weighted by Crippen LogP contribution is -2.50. The van der Waals surface area contributed by atoms with Gasteiger partial charge in [-0.15, -0.1) is 0 Å². The topological polar surface area (TPSA) is 62.6 Å². The van der Waals surface area contributed by atoms with Crippen molar-refractivity contribution in [2.24, 2.45) is 0 Å². The fourth-order valence-electron chi connectivity index (χ4n) is 4.22. The van der Waals surface area contributed by atoms with Crippen molar-refractivity contribution in [1.29, 1.82) is 0 Å². The number of benzene rings is 2. The number of para-hydroxylation sites is 1. The minimum atomic E-state index is -0.0669. The van der Waals surface area contributed by atoms with Gasteiger partial charge >= 0.3 is 6.03 Å². The van der Waals surface area contributed by atoms with E-state index in [4.69, 9.17) is 9.84 Å². The molecule has 4 rings (SSSR count). The van der Waals surface area contributed by atoms with Crippen LogP contribution in [0.4, 0.5) is 16.2 Å². The first-order valence-corrected chi connectivity index (χ1v) is 11.7. The Balaban J connectivity index is 1.34. The molecule has 1 aliphatic rings. The summed E-state index contributed by atoms with van der Waals surface area (Å²) in [4.78, 5) is 17.0. The SMILES string of the molecule is CCCCOc1ccc(NC(=O)N2CCN(c3c(C)nn(-c4ccccc4)c3C)CC2)cc1. The predicted octanol–water partition coefficient (Wildman–Crippen LogP) is 5.02. The van der Waals surface area contributed by atoms with Crippen LogP contribution in [-0.2, 0) is 0 Å². The highest BCUT2D eigenvalue weighted by atomic mass is 16.5. The molecule has 3 aromatic rings. The largest absolute Gasteiger partial charge is 0.494 e. The van der Waals surface area contributed by atoms with E-state index in [1.807, 2.05) is 52.0 Å². The normalized spacial score (nSPS) is 13.8. The van der Waals surface area contributed by atoms with Gasteiger partial charge in [0.25, 0.3) is 0 Å². The summed E-state index contributed by atoms with van der Waals surface area (Å²) in [5.41, 5.74) is 5.14. The van der Waals surface area contributed by atoms with E-state index in [1.165, 1.54) is 0 Å². The first-order valence-electron chi connectivity index (χ1n) is 11.7. The lowest BCUT2D eigenvalue weighted by Gasteiger charge is -2.36. The zero-order valence-electron chi connectivity index (χ0n) is 19.8. The number of carbonyl (C=O) groups is 1. The number of hydrogen-bond acceptors (Lipinski definition) is 4. The minimum absolute atomic E-state index is 0.0669. The van der Waals surface area contributed by atoms with Gasteiger partial charge < -0.3 is 19.9 Å². The van der Waals surface area contributed by atoms with Crippen LogP contribution in [0.5, 0.6) is 5.75 Å². The molecule has 174 valence electrons. The van der Waals surface area contributed by atoms with Crippen LogP contribution in [-0.4, -0.2) is 53.5 Å². The molecule has 0 saturated carbocycles. The summed E-state index contributed by atoms with van der Waals surface area (Å²) < 4.78 is 7.69. The number of urea groups is 1. The summed E-state index contributed by atoms with van der Waals surface area (Å²) in [6, 6.07) is 17.7. The van der Waals surface area contributed by atoms with E-state index in [2.05, 4.69) is 43.1 Å². The monoisotopic (exact) mass is 447 g/mol. The lowest BCUT2D eigenvalue weighted by atomic mass is 10.2. The van der Waals surface area contributed by atoms with Crippen molar-refractivity contribution in [2.75, 3.05) is 43.0 Å². The molecule has 1 N–H and O–H groups in total. The van der Waals surface area contributed by atoms with Gasteiger partial charge in [-0.1, -0.05) is 31.5 Å². The number of carbonyl (C=O) groups excluding carboxylic acids is 1. The summed E-state index contributed by atoms with van der Waals surface area (Å²) >= 11 is 0. The van der Waals surface area contributed by atoms with E-state index in [1.54, 1.807) is 0 Å². The highest BCUT2D eigenvalue weighted by Gasteiger charge is 2.25. The molecule has 2 amide bonds. The van der Waals surface area contributed by atoms with Crippen LogP contribution >= 0.6 is 0 Å². The standard InChI is InChI=1S/C26H33N5O2/c1-4-5-19-33-24-13-11-22(12-14-24)27-26(32)30-17-15-29(16-18-30)25-20(2)28-31(21(25)3)23-9-7-6-8-10-23/h6-14H,4-5,15-19H2,1-3H3,(H,27,32). The first kappa shape index (κ1) is 22.7. The van der Waals surface area contributed by atoms with Gasteiger partial charge in [-0.2, -0.15) is 5.10 Å². The number of unbranched alkanes of at least 4 members (excludes halogenated alkanes) is 1. The van der Waals surface area contributed by atoms with Crippen molar-refractivity contribution in [2.45, 2.75) is 33.6 Å². The van der Waals surface area contributed by atoms with Crippen LogP contribution < -0.4 is 15.0 Å². The number of rotatable bonds is 7. The third-order valence-electron chi connectivity index (χ3n) is 6.01. The molecule has 1 aliphatic heterocycles. The molecule has 0 aliphatic carbocycles. The maximum absolute atomic E-state index is 12.8. The van der Waals surface area contributed by atoms with E-state index in [-0.39, 0.29) is 6.03 Å². The highest BCUT2D eigenvalue weighted by molar-refractivity contribution is 5.89. The summed E-state index contributed by atoms with van der Waals surface area (Å²) in [7, 11) is 0. The van der Waals surface area contributed by atoms with Crippen LogP contribution in [0.3, 0.4) is 0 Å². The number of amides is 2. The van der Waals surface area contributed by atoms with E-state index in [0.29, 0.717) is 13.1 Å². The van der Waals surface area contributed by atoms with Crippen molar-refractivity contribution in [3.8, 4) is 11.4 Å². The zero-order chi connectivity index (χ0) is 23.2. The number of ether oxygens (including phenoxy) is 1. The first-order chi connectivity index (χ1) is 16.1. The smallest absolute Gasteiger partial charge is 0.321 e. The summed E-state index contributed by atoms with van der Waals surface area (Å²) in [6.45, 7) is 9.91. The van der Waals surface area contributed by atoms with Gasteiger partial charge in [0.05, 0.1) is 29.4 Å². The zero-order valence-corrected chi connectivity index (χ0v) is 19.8. The molecular weight excluding hydrogens is 414 g/mol. The maximum atomic E-state index is 12.8. The van der Waals surface area contributed by atoms with Gasteiger partial charge in [-0.25, -0.2) is 9.48 Å². The van der Waals surface area contributed by atoms with E-state index >= 15 is 0 Å². The molecule has 7 nitrogen and oxygen atoms in total. The van der Waals surface area contributed by atoms with Crippen molar-refractivity contribution in [1.82, 2.24) is 14.7 Å². The van der Waals surface area contributed by atoms with Crippen LogP contribution in [0.15, 0.2) is 54.6 Å². The average molecular weight is 448 g/mol. The number of aryl methyl sites for hydroxylation is 1. The van der Waals surface area contributed by atoms with Gasteiger partial charge in [0.2, 0.25) is 0 Å². The van der Waals surface area contributed by atoms with Gasteiger partial charge in [0, 0.05) is 31.9 Å². The van der Waals surface area contributed by atoms with E-state index < -0.39 is 0 Å². The Morgan fingerprint density at radius 3 is 2.36 bits per heavy atom. The van der Waals surface area contributed by atoms with E-state index in [9.17, 15) is 4.79 Å². The van der Waals surface area contributed by atoms with E-state index in [0.717, 1.165) is 66.7 Å².